The molecule has 2 heterocycles. The zero-order valence-electron chi connectivity index (χ0n) is 10.6. The number of hydrogen-bond acceptors (Lipinski definition) is 4. The maximum atomic E-state index is 12.3. The van der Waals surface area contributed by atoms with Crippen LogP contribution in [0.15, 0.2) is 0 Å². The van der Waals surface area contributed by atoms with Gasteiger partial charge in [0.15, 0.2) is 6.10 Å². The molecular weight excluding hydrogens is 300 g/mol. The molecule has 0 spiro atoms. The van der Waals surface area contributed by atoms with Crippen molar-refractivity contribution in [3.05, 3.63) is 0 Å². The van der Waals surface area contributed by atoms with Crippen molar-refractivity contribution in [3.63, 3.8) is 0 Å². The van der Waals surface area contributed by atoms with Gasteiger partial charge in [0.05, 0.1) is 19.8 Å². The van der Waals surface area contributed by atoms with Crippen LogP contribution in [-0.4, -0.2) is 79.7 Å². The fraction of sp³-hybridized carbons (Fsp3) is 0.917. The average Bonchev–Trinajstić information content (AvgIpc) is 2.65. The first-order chi connectivity index (χ1) is 8.81. The summed E-state index contributed by atoms with van der Waals surface area (Å²) in [4.78, 5) is 16.6. The highest BCUT2D eigenvalue weighted by molar-refractivity contribution is 9.09. The summed E-state index contributed by atoms with van der Waals surface area (Å²) in [5.74, 6) is 0.0930. The largest absolute Gasteiger partial charge is 0.376 e. The van der Waals surface area contributed by atoms with Gasteiger partial charge in [0.2, 0.25) is 0 Å². The van der Waals surface area contributed by atoms with Crippen LogP contribution in [0.1, 0.15) is 6.42 Å². The molecular formula is C12H21BrN2O3. The van der Waals surface area contributed by atoms with Crippen LogP contribution >= 0.6 is 15.9 Å². The van der Waals surface area contributed by atoms with E-state index in [1.54, 1.807) is 0 Å². The van der Waals surface area contributed by atoms with E-state index in [1.807, 2.05) is 4.90 Å². The van der Waals surface area contributed by atoms with Gasteiger partial charge in [-0.3, -0.25) is 4.79 Å². The van der Waals surface area contributed by atoms with Crippen LogP contribution in [0.5, 0.6) is 0 Å². The van der Waals surface area contributed by atoms with E-state index in [0.29, 0.717) is 19.8 Å². The summed E-state index contributed by atoms with van der Waals surface area (Å²) in [6, 6.07) is 0. The standard InChI is InChI=1S/C12H21BrN2O3/c13-2-5-14-3-1-4-15(7-6-14)12(16)11-10-17-8-9-18-11/h11H,1-10H2. The Morgan fingerprint density at radius 2 is 2.11 bits per heavy atom. The number of rotatable bonds is 3. The molecule has 0 saturated carbocycles. The first kappa shape index (κ1) is 14.2. The van der Waals surface area contributed by atoms with Crippen molar-refractivity contribution in [2.24, 2.45) is 0 Å². The minimum Gasteiger partial charge on any atom is -0.376 e. The highest BCUT2D eigenvalue weighted by atomic mass is 79.9. The molecule has 104 valence electrons. The number of amides is 1. The van der Waals surface area contributed by atoms with Gasteiger partial charge in [-0.15, -0.1) is 0 Å². The van der Waals surface area contributed by atoms with Gasteiger partial charge in [0.1, 0.15) is 0 Å². The molecule has 2 aliphatic heterocycles. The Labute approximate surface area is 117 Å². The summed E-state index contributed by atoms with van der Waals surface area (Å²) in [5, 5.41) is 0.987. The monoisotopic (exact) mass is 320 g/mol. The van der Waals surface area contributed by atoms with E-state index in [9.17, 15) is 4.79 Å². The van der Waals surface area contributed by atoms with E-state index in [-0.39, 0.29) is 12.0 Å². The predicted molar refractivity (Wildman–Crippen MR) is 72.0 cm³/mol. The number of alkyl halides is 1. The molecule has 2 fully saturated rings. The molecule has 0 aromatic heterocycles. The van der Waals surface area contributed by atoms with Gasteiger partial charge >= 0.3 is 0 Å². The molecule has 2 rings (SSSR count). The summed E-state index contributed by atoms with van der Waals surface area (Å²) in [7, 11) is 0. The first-order valence-electron chi connectivity index (χ1n) is 6.57. The lowest BCUT2D eigenvalue weighted by Crippen LogP contribution is -2.46. The lowest BCUT2D eigenvalue weighted by molar-refractivity contribution is -0.157. The van der Waals surface area contributed by atoms with Crippen molar-refractivity contribution >= 4 is 21.8 Å². The molecule has 0 aromatic carbocycles. The molecule has 0 N–H and O–H groups in total. The predicted octanol–water partition coefficient (Wildman–Crippen LogP) is 0.331. The molecule has 0 radical (unpaired) electrons. The number of hydrogen-bond donors (Lipinski definition) is 0. The summed E-state index contributed by atoms with van der Waals surface area (Å²) < 4.78 is 10.8. The van der Waals surface area contributed by atoms with Crippen LogP contribution in [0, 0.1) is 0 Å². The van der Waals surface area contributed by atoms with Crippen LogP contribution in [-0.2, 0) is 14.3 Å². The molecule has 0 aromatic rings. The number of halogens is 1. The smallest absolute Gasteiger partial charge is 0.254 e. The van der Waals surface area contributed by atoms with E-state index >= 15 is 0 Å². The van der Waals surface area contributed by atoms with Gasteiger partial charge < -0.3 is 19.3 Å². The lowest BCUT2D eigenvalue weighted by atomic mass is 10.3. The summed E-state index contributed by atoms with van der Waals surface area (Å²) in [6.45, 7) is 6.22. The lowest BCUT2D eigenvalue weighted by Gasteiger charge is -2.28. The Kier molecular flexibility index (Phi) is 5.88. The van der Waals surface area contributed by atoms with E-state index in [4.69, 9.17) is 9.47 Å². The third-order valence-electron chi connectivity index (χ3n) is 3.39. The van der Waals surface area contributed by atoms with Crippen molar-refractivity contribution in [1.82, 2.24) is 9.80 Å². The van der Waals surface area contributed by atoms with Gasteiger partial charge in [-0.05, 0) is 13.0 Å². The third-order valence-corrected chi connectivity index (χ3v) is 3.75. The Morgan fingerprint density at radius 3 is 2.83 bits per heavy atom. The normalized spacial score (nSPS) is 26.9. The van der Waals surface area contributed by atoms with Gasteiger partial charge in [0, 0.05) is 31.5 Å². The molecule has 18 heavy (non-hydrogen) atoms. The minimum absolute atomic E-state index is 0.0930. The highest BCUT2D eigenvalue weighted by Crippen LogP contribution is 2.09. The first-order valence-corrected chi connectivity index (χ1v) is 7.70. The quantitative estimate of drug-likeness (QED) is 0.703. The van der Waals surface area contributed by atoms with Crippen LogP contribution < -0.4 is 0 Å². The number of nitrogens with zero attached hydrogens (tertiary/aromatic N) is 2. The average molecular weight is 321 g/mol. The second kappa shape index (κ2) is 7.43. The minimum atomic E-state index is -0.388. The number of ether oxygens (including phenoxy) is 2. The number of carbonyl (C=O) groups excluding carboxylic acids is 1. The second-order valence-corrected chi connectivity index (χ2v) is 5.44. The van der Waals surface area contributed by atoms with E-state index in [1.165, 1.54) is 0 Å². The maximum Gasteiger partial charge on any atom is 0.254 e. The number of carbonyl (C=O) groups is 1. The van der Waals surface area contributed by atoms with Gasteiger partial charge in [-0.1, -0.05) is 15.9 Å². The molecule has 1 unspecified atom stereocenters. The van der Waals surface area contributed by atoms with Crippen molar-refractivity contribution < 1.29 is 14.3 Å². The van der Waals surface area contributed by atoms with Gasteiger partial charge in [-0.2, -0.15) is 0 Å². The maximum absolute atomic E-state index is 12.3. The zero-order valence-corrected chi connectivity index (χ0v) is 12.2. The van der Waals surface area contributed by atoms with Crippen molar-refractivity contribution in [1.29, 1.82) is 0 Å². The topological polar surface area (TPSA) is 42.0 Å². The Hall–Kier alpha value is -0.170. The van der Waals surface area contributed by atoms with Crippen LogP contribution in [0.2, 0.25) is 0 Å². The van der Waals surface area contributed by atoms with Crippen molar-refractivity contribution in [3.8, 4) is 0 Å². The molecule has 5 nitrogen and oxygen atoms in total. The fourth-order valence-corrected chi connectivity index (χ4v) is 2.87. The van der Waals surface area contributed by atoms with E-state index < -0.39 is 0 Å². The van der Waals surface area contributed by atoms with Crippen LogP contribution in [0.3, 0.4) is 0 Å². The van der Waals surface area contributed by atoms with Crippen molar-refractivity contribution in [2.45, 2.75) is 12.5 Å². The Balaban J connectivity index is 1.82. The zero-order chi connectivity index (χ0) is 12.8. The molecule has 0 aliphatic carbocycles. The van der Waals surface area contributed by atoms with Crippen LogP contribution in [0.4, 0.5) is 0 Å². The highest BCUT2D eigenvalue weighted by Gasteiger charge is 2.28. The molecule has 6 heteroatoms. The van der Waals surface area contributed by atoms with E-state index in [0.717, 1.165) is 44.5 Å². The third kappa shape index (κ3) is 3.91. The van der Waals surface area contributed by atoms with Gasteiger partial charge in [-0.25, -0.2) is 0 Å². The van der Waals surface area contributed by atoms with Gasteiger partial charge in [0.25, 0.3) is 5.91 Å². The fourth-order valence-electron chi connectivity index (χ4n) is 2.37. The van der Waals surface area contributed by atoms with Crippen molar-refractivity contribution in [2.75, 3.05) is 57.9 Å². The molecule has 0 bridgehead atoms. The van der Waals surface area contributed by atoms with E-state index in [2.05, 4.69) is 20.8 Å². The summed E-state index contributed by atoms with van der Waals surface area (Å²) in [6.07, 6.45) is 0.647. The molecule has 1 amide bonds. The van der Waals surface area contributed by atoms with Crippen LogP contribution in [0.25, 0.3) is 0 Å². The second-order valence-electron chi connectivity index (χ2n) is 4.64. The Bertz CT molecular complexity index is 272. The molecule has 2 saturated heterocycles. The summed E-state index contributed by atoms with van der Waals surface area (Å²) in [5.41, 5.74) is 0. The Morgan fingerprint density at radius 1 is 1.22 bits per heavy atom. The molecule has 2 aliphatic rings. The summed E-state index contributed by atoms with van der Waals surface area (Å²) >= 11 is 3.46. The SMILES string of the molecule is O=C(C1COCCO1)N1CCCN(CCBr)CC1. The molecule has 1 atom stereocenters.